The summed E-state index contributed by atoms with van der Waals surface area (Å²) >= 11 is 0. The third-order valence-corrected chi connectivity index (χ3v) is 2.91. The lowest BCUT2D eigenvalue weighted by Gasteiger charge is -2.16. The molecular weight excluding hydrogens is 246 g/mol. The van der Waals surface area contributed by atoms with Gasteiger partial charge in [0, 0.05) is 25.3 Å². The van der Waals surface area contributed by atoms with Gasteiger partial charge in [-0.25, -0.2) is 0 Å². The van der Waals surface area contributed by atoms with Crippen molar-refractivity contribution in [3.8, 4) is 17.2 Å². The Bertz CT molecular complexity index is 395. The molecule has 0 radical (unpaired) electrons. The van der Waals surface area contributed by atoms with Crippen LogP contribution in [-0.4, -0.2) is 39.6 Å². The molecule has 2 N–H and O–H groups in total. The first kappa shape index (κ1) is 15.6. The Labute approximate surface area is 114 Å². The lowest BCUT2D eigenvalue weighted by atomic mass is 10.1. The summed E-state index contributed by atoms with van der Waals surface area (Å²) in [4.78, 5) is 0. The molecule has 19 heavy (non-hydrogen) atoms. The fourth-order valence-electron chi connectivity index (χ4n) is 1.82. The van der Waals surface area contributed by atoms with E-state index < -0.39 is 0 Å². The van der Waals surface area contributed by atoms with Gasteiger partial charge < -0.3 is 24.6 Å². The molecule has 108 valence electrons. The Kier molecular flexibility index (Phi) is 6.45. The predicted molar refractivity (Wildman–Crippen MR) is 74.1 cm³/mol. The van der Waals surface area contributed by atoms with Gasteiger partial charge in [0.25, 0.3) is 0 Å². The quantitative estimate of drug-likeness (QED) is 0.747. The van der Waals surface area contributed by atoms with Crippen molar-refractivity contribution in [2.75, 3.05) is 34.5 Å². The molecule has 0 aromatic heterocycles. The van der Waals surface area contributed by atoms with E-state index in [1.807, 2.05) is 19.1 Å². The van der Waals surface area contributed by atoms with Crippen LogP contribution in [0.15, 0.2) is 12.1 Å². The highest BCUT2D eigenvalue weighted by molar-refractivity contribution is 5.55. The van der Waals surface area contributed by atoms with Crippen molar-refractivity contribution in [3.63, 3.8) is 0 Å². The van der Waals surface area contributed by atoms with Gasteiger partial charge in [0.1, 0.15) is 0 Å². The van der Waals surface area contributed by atoms with Crippen molar-refractivity contribution in [3.05, 3.63) is 17.7 Å². The second-order valence-corrected chi connectivity index (χ2v) is 4.41. The van der Waals surface area contributed by atoms with Crippen molar-refractivity contribution in [2.45, 2.75) is 13.5 Å². The molecule has 1 aromatic rings. The first-order chi connectivity index (χ1) is 9.17. The summed E-state index contributed by atoms with van der Waals surface area (Å²) in [6.07, 6.45) is 0. The Morgan fingerprint density at radius 1 is 1.11 bits per heavy atom. The Morgan fingerprint density at radius 2 is 1.79 bits per heavy atom. The maximum Gasteiger partial charge on any atom is 0.203 e. The lowest BCUT2D eigenvalue weighted by molar-refractivity contribution is 0.233. The number of aliphatic hydroxyl groups is 1. The molecule has 0 amide bonds. The Balaban J connectivity index is 2.83. The zero-order valence-electron chi connectivity index (χ0n) is 12.0. The van der Waals surface area contributed by atoms with Crippen molar-refractivity contribution < 1.29 is 19.3 Å². The number of nitrogens with one attached hydrogen (secondary N) is 1. The number of methoxy groups -OCH3 is 3. The molecule has 5 heteroatoms. The second-order valence-electron chi connectivity index (χ2n) is 4.41. The zero-order chi connectivity index (χ0) is 14.3. The van der Waals surface area contributed by atoms with Crippen LogP contribution in [0.4, 0.5) is 0 Å². The van der Waals surface area contributed by atoms with E-state index >= 15 is 0 Å². The average Bonchev–Trinajstić information content (AvgIpc) is 2.45. The van der Waals surface area contributed by atoms with Crippen molar-refractivity contribution in [1.29, 1.82) is 0 Å². The number of benzene rings is 1. The van der Waals surface area contributed by atoms with E-state index in [-0.39, 0.29) is 12.5 Å². The number of rotatable bonds is 8. The monoisotopic (exact) mass is 269 g/mol. The number of hydrogen-bond acceptors (Lipinski definition) is 5. The van der Waals surface area contributed by atoms with Crippen molar-refractivity contribution in [1.82, 2.24) is 5.32 Å². The maximum atomic E-state index is 8.98. The molecule has 0 aliphatic heterocycles. The highest BCUT2D eigenvalue weighted by Gasteiger charge is 2.15. The summed E-state index contributed by atoms with van der Waals surface area (Å²) in [7, 11) is 4.79. The van der Waals surface area contributed by atoms with Gasteiger partial charge in [0.15, 0.2) is 11.5 Å². The van der Waals surface area contributed by atoms with E-state index in [1.165, 1.54) is 0 Å². The molecule has 0 saturated carbocycles. The van der Waals surface area contributed by atoms with Crippen LogP contribution < -0.4 is 19.5 Å². The van der Waals surface area contributed by atoms with Gasteiger partial charge in [-0.15, -0.1) is 0 Å². The van der Waals surface area contributed by atoms with Crippen molar-refractivity contribution >= 4 is 0 Å². The van der Waals surface area contributed by atoms with Gasteiger partial charge >= 0.3 is 0 Å². The minimum absolute atomic E-state index is 0.177. The molecule has 0 fully saturated rings. The summed E-state index contributed by atoms with van der Waals surface area (Å²) in [5.41, 5.74) is 0.991. The average molecular weight is 269 g/mol. The summed E-state index contributed by atoms with van der Waals surface area (Å²) < 4.78 is 16.0. The molecule has 1 atom stereocenters. The maximum absolute atomic E-state index is 8.98. The molecule has 0 heterocycles. The Hall–Kier alpha value is -1.46. The summed E-state index contributed by atoms with van der Waals surface area (Å²) in [5.74, 6) is 2.14. The summed E-state index contributed by atoms with van der Waals surface area (Å²) in [6, 6.07) is 3.80. The normalized spacial score (nSPS) is 12.1. The summed E-state index contributed by atoms with van der Waals surface area (Å²) in [5, 5.41) is 12.3. The van der Waals surface area contributed by atoms with E-state index in [9.17, 15) is 0 Å². The predicted octanol–water partition coefficient (Wildman–Crippen LogP) is 1.43. The number of aliphatic hydroxyl groups excluding tert-OH is 1. The smallest absolute Gasteiger partial charge is 0.203 e. The molecular formula is C14H23NO4. The SMILES string of the molecule is COc1ccc(CNCC(C)CO)c(OC)c1OC. The fraction of sp³-hybridized carbons (Fsp3) is 0.571. The van der Waals surface area contributed by atoms with Gasteiger partial charge in [-0.05, 0) is 12.0 Å². The fourth-order valence-corrected chi connectivity index (χ4v) is 1.82. The van der Waals surface area contributed by atoms with Crippen LogP contribution in [0.2, 0.25) is 0 Å². The Morgan fingerprint density at radius 3 is 2.32 bits per heavy atom. The molecule has 0 spiro atoms. The second kappa shape index (κ2) is 7.86. The highest BCUT2D eigenvalue weighted by atomic mass is 16.5. The molecule has 0 bridgehead atoms. The van der Waals surface area contributed by atoms with Gasteiger partial charge in [-0.1, -0.05) is 13.0 Å². The van der Waals surface area contributed by atoms with Crippen LogP contribution in [0.1, 0.15) is 12.5 Å². The lowest BCUT2D eigenvalue weighted by Crippen LogP contribution is -2.23. The minimum atomic E-state index is 0.177. The molecule has 0 saturated heterocycles. The van der Waals surface area contributed by atoms with Crippen LogP contribution in [-0.2, 0) is 6.54 Å². The van der Waals surface area contributed by atoms with E-state index in [0.717, 1.165) is 12.1 Å². The van der Waals surface area contributed by atoms with E-state index in [2.05, 4.69) is 5.32 Å². The minimum Gasteiger partial charge on any atom is -0.493 e. The van der Waals surface area contributed by atoms with Crippen LogP contribution in [0, 0.1) is 5.92 Å². The van der Waals surface area contributed by atoms with Crippen LogP contribution in [0.25, 0.3) is 0 Å². The van der Waals surface area contributed by atoms with Crippen molar-refractivity contribution in [2.24, 2.45) is 5.92 Å². The van der Waals surface area contributed by atoms with Gasteiger partial charge in [-0.3, -0.25) is 0 Å². The van der Waals surface area contributed by atoms with Crippen LogP contribution >= 0.6 is 0 Å². The standard InChI is InChI=1S/C14H23NO4/c1-10(9-16)7-15-8-11-5-6-12(17-2)14(19-4)13(11)18-3/h5-6,10,15-16H,7-9H2,1-4H3. The third-order valence-electron chi connectivity index (χ3n) is 2.91. The van der Waals surface area contributed by atoms with Gasteiger partial charge in [0.2, 0.25) is 5.75 Å². The topological polar surface area (TPSA) is 60.0 Å². The molecule has 0 aliphatic carbocycles. The highest BCUT2D eigenvalue weighted by Crippen LogP contribution is 2.39. The van der Waals surface area contributed by atoms with Crippen LogP contribution in [0.5, 0.6) is 17.2 Å². The number of hydrogen-bond donors (Lipinski definition) is 2. The van der Waals surface area contributed by atoms with Crippen LogP contribution in [0.3, 0.4) is 0 Å². The van der Waals surface area contributed by atoms with Gasteiger partial charge in [0.05, 0.1) is 21.3 Å². The molecule has 1 unspecified atom stereocenters. The number of ether oxygens (including phenoxy) is 3. The largest absolute Gasteiger partial charge is 0.493 e. The molecule has 5 nitrogen and oxygen atoms in total. The first-order valence-electron chi connectivity index (χ1n) is 6.27. The third kappa shape index (κ3) is 4.01. The van der Waals surface area contributed by atoms with E-state index in [1.54, 1.807) is 21.3 Å². The van der Waals surface area contributed by atoms with Gasteiger partial charge in [-0.2, -0.15) is 0 Å². The van der Waals surface area contributed by atoms with E-state index in [0.29, 0.717) is 23.8 Å². The molecule has 1 rings (SSSR count). The summed E-state index contributed by atoms with van der Waals surface area (Å²) in [6.45, 7) is 3.55. The van der Waals surface area contributed by atoms with E-state index in [4.69, 9.17) is 19.3 Å². The molecule has 1 aromatic carbocycles. The zero-order valence-corrected chi connectivity index (χ0v) is 12.0. The first-order valence-corrected chi connectivity index (χ1v) is 6.27. The molecule has 0 aliphatic rings.